The molecule has 3 rings (SSSR count). The molecule has 116 valence electrons. The number of rotatable bonds is 3. The van der Waals surface area contributed by atoms with Gasteiger partial charge in [-0.3, -0.25) is 0 Å². The van der Waals surface area contributed by atoms with Crippen molar-refractivity contribution in [3.63, 3.8) is 0 Å². The number of aromatic nitrogens is 3. The lowest BCUT2D eigenvalue weighted by atomic mass is 10.1. The van der Waals surface area contributed by atoms with E-state index in [-0.39, 0.29) is 5.69 Å². The van der Waals surface area contributed by atoms with Crippen molar-refractivity contribution in [2.24, 2.45) is 0 Å². The van der Waals surface area contributed by atoms with E-state index in [1.165, 1.54) is 5.56 Å². The zero-order valence-electron chi connectivity index (χ0n) is 13.2. The molecule has 2 aromatic carbocycles. The number of hydrogen-bond acceptors (Lipinski definition) is 3. The SMILES string of the molecule is Cc1cccc(-c2c(C(=O)O)nnn2-c2ccc(C)c(C)c2)c1. The van der Waals surface area contributed by atoms with Crippen LogP contribution in [0.2, 0.25) is 0 Å². The Labute approximate surface area is 134 Å². The van der Waals surface area contributed by atoms with Crippen LogP contribution in [0.4, 0.5) is 0 Å². The third kappa shape index (κ3) is 2.73. The number of aromatic carboxylic acids is 1. The molecule has 0 aliphatic rings. The van der Waals surface area contributed by atoms with Gasteiger partial charge in [-0.05, 0) is 50.1 Å². The quantitative estimate of drug-likeness (QED) is 0.803. The molecule has 0 unspecified atom stereocenters. The average Bonchev–Trinajstić information content (AvgIpc) is 2.95. The molecular formula is C18H17N3O2. The molecule has 0 saturated carbocycles. The molecule has 3 aromatic rings. The largest absolute Gasteiger partial charge is 0.476 e. The summed E-state index contributed by atoms with van der Waals surface area (Å²) in [7, 11) is 0. The first-order chi connectivity index (χ1) is 11.0. The summed E-state index contributed by atoms with van der Waals surface area (Å²) in [5.74, 6) is -1.09. The second-order valence-electron chi connectivity index (χ2n) is 5.64. The third-order valence-corrected chi connectivity index (χ3v) is 3.90. The molecule has 0 aliphatic carbocycles. The molecule has 0 spiro atoms. The maximum absolute atomic E-state index is 11.5. The molecule has 23 heavy (non-hydrogen) atoms. The molecule has 0 bridgehead atoms. The van der Waals surface area contributed by atoms with Gasteiger partial charge < -0.3 is 5.11 Å². The number of nitrogens with zero attached hydrogens (tertiary/aromatic N) is 3. The monoisotopic (exact) mass is 307 g/mol. The van der Waals surface area contributed by atoms with Crippen molar-refractivity contribution in [2.45, 2.75) is 20.8 Å². The van der Waals surface area contributed by atoms with Crippen LogP contribution in [-0.4, -0.2) is 26.1 Å². The Morgan fingerprint density at radius 1 is 1.04 bits per heavy atom. The van der Waals surface area contributed by atoms with Gasteiger partial charge in [-0.15, -0.1) is 5.10 Å². The lowest BCUT2D eigenvalue weighted by Gasteiger charge is -2.10. The van der Waals surface area contributed by atoms with E-state index >= 15 is 0 Å². The predicted molar refractivity (Wildman–Crippen MR) is 88.0 cm³/mol. The van der Waals surface area contributed by atoms with Crippen LogP contribution in [0, 0.1) is 20.8 Å². The Bertz CT molecular complexity index is 897. The van der Waals surface area contributed by atoms with Gasteiger partial charge in [0.1, 0.15) is 5.69 Å². The van der Waals surface area contributed by atoms with Crippen LogP contribution < -0.4 is 0 Å². The van der Waals surface area contributed by atoms with Crippen molar-refractivity contribution in [3.05, 3.63) is 64.8 Å². The highest BCUT2D eigenvalue weighted by atomic mass is 16.4. The number of benzene rings is 2. The summed E-state index contributed by atoms with van der Waals surface area (Å²) in [6.45, 7) is 6.01. The average molecular weight is 307 g/mol. The first-order valence-electron chi connectivity index (χ1n) is 7.31. The maximum atomic E-state index is 11.5. The molecular weight excluding hydrogens is 290 g/mol. The molecule has 0 fully saturated rings. The first kappa shape index (κ1) is 15.0. The van der Waals surface area contributed by atoms with Gasteiger partial charge >= 0.3 is 5.97 Å². The summed E-state index contributed by atoms with van der Waals surface area (Å²) in [4.78, 5) is 11.5. The molecule has 1 N–H and O–H groups in total. The second-order valence-corrected chi connectivity index (χ2v) is 5.64. The van der Waals surface area contributed by atoms with Crippen LogP contribution in [-0.2, 0) is 0 Å². The van der Waals surface area contributed by atoms with Gasteiger partial charge in [-0.1, -0.05) is 35.0 Å². The van der Waals surface area contributed by atoms with E-state index in [1.807, 2.05) is 63.2 Å². The zero-order valence-corrected chi connectivity index (χ0v) is 13.2. The topological polar surface area (TPSA) is 68.0 Å². The zero-order chi connectivity index (χ0) is 16.6. The predicted octanol–water partition coefficient (Wildman–Crippen LogP) is 3.56. The van der Waals surface area contributed by atoms with Gasteiger partial charge in [0.05, 0.1) is 5.69 Å². The summed E-state index contributed by atoms with van der Waals surface area (Å²) in [5.41, 5.74) is 5.36. The van der Waals surface area contributed by atoms with Crippen molar-refractivity contribution in [3.8, 4) is 16.9 Å². The minimum absolute atomic E-state index is 0.0474. The van der Waals surface area contributed by atoms with Crippen molar-refractivity contribution in [1.29, 1.82) is 0 Å². The van der Waals surface area contributed by atoms with E-state index in [0.717, 1.165) is 22.4 Å². The van der Waals surface area contributed by atoms with Crippen LogP contribution in [0.5, 0.6) is 0 Å². The minimum atomic E-state index is -1.09. The molecule has 5 nitrogen and oxygen atoms in total. The van der Waals surface area contributed by atoms with E-state index in [1.54, 1.807) is 4.68 Å². The summed E-state index contributed by atoms with van der Waals surface area (Å²) in [6.07, 6.45) is 0. The van der Waals surface area contributed by atoms with Crippen LogP contribution in [0.3, 0.4) is 0 Å². The van der Waals surface area contributed by atoms with Gasteiger partial charge in [-0.2, -0.15) is 0 Å². The number of carbonyl (C=O) groups is 1. The molecule has 1 aromatic heterocycles. The molecule has 1 heterocycles. The van der Waals surface area contributed by atoms with E-state index in [9.17, 15) is 9.90 Å². The Kier molecular flexibility index (Phi) is 3.70. The number of carboxylic acids is 1. The van der Waals surface area contributed by atoms with E-state index in [4.69, 9.17) is 0 Å². The highest BCUT2D eigenvalue weighted by molar-refractivity contribution is 5.93. The van der Waals surface area contributed by atoms with Crippen LogP contribution >= 0.6 is 0 Å². The highest BCUT2D eigenvalue weighted by Gasteiger charge is 2.21. The van der Waals surface area contributed by atoms with E-state index in [2.05, 4.69) is 10.3 Å². The summed E-state index contributed by atoms with van der Waals surface area (Å²) < 4.78 is 1.59. The molecule has 0 radical (unpaired) electrons. The molecule has 5 heteroatoms. The number of carboxylic acid groups (broad SMARTS) is 1. The standard InChI is InChI=1S/C18H17N3O2/c1-11-5-4-6-14(9-11)17-16(18(22)23)19-20-21(17)15-8-7-12(2)13(3)10-15/h4-10H,1-3H3,(H,22,23). The normalized spacial score (nSPS) is 10.7. The second kappa shape index (κ2) is 5.68. The van der Waals surface area contributed by atoms with Gasteiger partial charge in [0.25, 0.3) is 0 Å². The minimum Gasteiger partial charge on any atom is -0.476 e. The Morgan fingerprint density at radius 3 is 2.48 bits per heavy atom. The van der Waals surface area contributed by atoms with Crippen molar-refractivity contribution < 1.29 is 9.90 Å². The molecule has 0 saturated heterocycles. The Hall–Kier alpha value is -2.95. The lowest BCUT2D eigenvalue weighted by Crippen LogP contribution is -2.03. The number of aryl methyl sites for hydroxylation is 3. The fourth-order valence-corrected chi connectivity index (χ4v) is 2.52. The first-order valence-corrected chi connectivity index (χ1v) is 7.31. The Morgan fingerprint density at radius 2 is 1.83 bits per heavy atom. The molecule has 0 atom stereocenters. The van der Waals surface area contributed by atoms with Gasteiger partial charge in [-0.25, -0.2) is 9.48 Å². The summed E-state index contributed by atoms with van der Waals surface area (Å²) in [6, 6.07) is 13.6. The molecule has 0 amide bonds. The van der Waals surface area contributed by atoms with Gasteiger partial charge in [0.2, 0.25) is 0 Å². The summed E-state index contributed by atoms with van der Waals surface area (Å²) in [5, 5.41) is 17.4. The highest BCUT2D eigenvalue weighted by Crippen LogP contribution is 2.26. The van der Waals surface area contributed by atoms with Crippen LogP contribution in [0.25, 0.3) is 16.9 Å². The fraction of sp³-hybridized carbons (Fsp3) is 0.167. The van der Waals surface area contributed by atoms with E-state index < -0.39 is 5.97 Å². The Balaban J connectivity index is 2.26. The van der Waals surface area contributed by atoms with E-state index in [0.29, 0.717) is 5.69 Å². The smallest absolute Gasteiger partial charge is 0.358 e. The lowest BCUT2D eigenvalue weighted by molar-refractivity contribution is 0.0691. The third-order valence-electron chi connectivity index (χ3n) is 3.90. The fourth-order valence-electron chi connectivity index (χ4n) is 2.52. The molecule has 0 aliphatic heterocycles. The van der Waals surface area contributed by atoms with Crippen LogP contribution in [0.15, 0.2) is 42.5 Å². The van der Waals surface area contributed by atoms with Gasteiger partial charge in [0.15, 0.2) is 5.69 Å². The van der Waals surface area contributed by atoms with Crippen LogP contribution in [0.1, 0.15) is 27.2 Å². The van der Waals surface area contributed by atoms with Crippen molar-refractivity contribution in [1.82, 2.24) is 15.0 Å². The number of hydrogen-bond donors (Lipinski definition) is 1. The maximum Gasteiger partial charge on any atom is 0.358 e. The van der Waals surface area contributed by atoms with Crippen molar-refractivity contribution >= 4 is 5.97 Å². The van der Waals surface area contributed by atoms with Gasteiger partial charge in [0, 0.05) is 5.56 Å². The summed E-state index contributed by atoms with van der Waals surface area (Å²) >= 11 is 0. The van der Waals surface area contributed by atoms with Crippen molar-refractivity contribution in [2.75, 3.05) is 0 Å².